The number of nitriles is 1. The summed E-state index contributed by atoms with van der Waals surface area (Å²) in [4.78, 5) is 8.50. The van der Waals surface area contributed by atoms with Crippen LogP contribution in [0.5, 0.6) is 0 Å². The summed E-state index contributed by atoms with van der Waals surface area (Å²) in [5.74, 6) is 0.250. The van der Waals surface area contributed by atoms with Crippen LogP contribution >= 0.6 is 0 Å². The fraction of sp³-hybridized carbons (Fsp3) is 0.368. The van der Waals surface area contributed by atoms with Crippen LogP contribution in [0.4, 0.5) is 5.82 Å². The predicted molar refractivity (Wildman–Crippen MR) is 128 cm³/mol. The van der Waals surface area contributed by atoms with Gasteiger partial charge >= 0.3 is 0 Å². The fourth-order valence-electron chi connectivity index (χ4n) is 5.25. The number of anilines is 1. The number of benzene rings is 1. The quantitative estimate of drug-likeness (QED) is 0.456. The Hall–Kier alpha value is -2.84. The molecule has 0 spiro atoms. The van der Waals surface area contributed by atoms with Crippen LogP contribution in [0, 0.1) is 16.7 Å². The molecule has 3 aromatic rings. The fourth-order valence-corrected chi connectivity index (χ4v) is 6.71. The van der Waals surface area contributed by atoms with Crippen LogP contribution in [-0.2, 0) is 15.1 Å². The molecular formula is C19H22B3N7O2S. The van der Waals surface area contributed by atoms with Crippen molar-refractivity contribution in [2.75, 3.05) is 5.73 Å². The Morgan fingerprint density at radius 1 is 1.22 bits per heavy atom. The Kier molecular flexibility index (Phi) is 4.33. The van der Waals surface area contributed by atoms with Gasteiger partial charge in [0.25, 0.3) is 0 Å². The third-order valence-corrected chi connectivity index (χ3v) is 8.32. The van der Waals surface area contributed by atoms with E-state index < -0.39 is 15.6 Å². The minimum absolute atomic E-state index is 0.174. The third-order valence-electron chi connectivity index (χ3n) is 6.74. The molecule has 0 atom stereocenters. The number of hydrogen-bond donors (Lipinski definition) is 2. The predicted octanol–water partition coefficient (Wildman–Crippen LogP) is -1.50. The number of nitrogen functional groups attached to an aromatic ring is 1. The van der Waals surface area contributed by atoms with E-state index in [1.807, 2.05) is 6.07 Å². The third kappa shape index (κ3) is 3.12. The van der Waals surface area contributed by atoms with Gasteiger partial charge in [0, 0.05) is 11.1 Å². The molecule has 160 valence electrons. The highest BCUT2D eigenvalue weighted by Crippen LogP contribution is 2.61. The second kappa shape index (κ2) is 6.59. The van der Waals surface area contributed by atoms with E-state index in [1.165, 1.54) is 6.33 Å². The molecule has 0 saturated heterocycles. The number of aromatic nitrogens is 4. The number of fused-ring (bicyclic) bond motifs is 2. The first kappa shape index (κ1) is 21.0. The lowest BCUT2D eigenvalue weighted by Crippen LogP contribution is -2.55. The summed E-state index contributed by atoms with van der Waals surface area (Å²) in [5.41, 5.74) is 7.80. The first-order chi connectivity index (χ1) is 15.0. The highest BCUT2D eigenvalue weighted by atomic mass is 32.2. The van der Waals surface area contributed by atoms with E-state index in [-0.39, 0.29) is 21.2 Å². The Morgan fingerprint density at radius 3 is 2.62 bits per heavy atom. The monoisotopic (exact) mass is 445 g/mol. The lowest BCUT2D eigenvalue weighted by atomic mass is 9.39. The molecule has 32 heavy (non-hydrogen) atoms. The van der Waals surface area contributed by atoms with Crippen LogP contribution in [0.25, 0.3) is 16.9 Å². The van der Waals surface area contributed by atoms with Crippen molar-refractivity contribution in [2.45, 2.75) is 41.2 Å². The van der Waals surface area contributed by atoms with Crippen LogP contribution in [0.3, 0.4) is 0 Å². The van der Waals surface area contributed by atoms with E-state index in [4.69, 9.17) is 5.73 Å². The van der Waals surface area contributed by atoms with Crippen molar-refractivity contribution in [3.8, 4) is 17.3 Å². The summed E-state index contributed by atoms with van der Waals surface area (Å²) in [6.45, 7) is 0. The maximum Gasteiger partial charge on any atom is 0.241 e. The molecule has 2 heterocycles. The first-order valence-electron chi connectivity index (χ1n) is 10.5. The summed E-state index contributed by atoms with van der Waals surface area (Å²) in [6, 6.07) is 7.52. The van der Waals surface area contributed by atoms with Gasteiger partial charge in [0.2, 0.25) is 10.0 Å². The van der Waals surface area contributed by atoms with Gasteiger partial charge in [-0.3, -0.25) is 0 Å². The van der Waals surface area contributed by atoms with E-state index in [1.54, 1.807) is 22.8 Å². The Balaban J connectivity index is 1.60. The van der Waals surface area contributed by atoms with Gasteiger partial charge in [0.15, 0.2) is 11.5 Å². The number of sulfonamides is 1. The molecule has 9 nitrogen and oxygen atoms in total. The smallest absolute Gasteiger partial charge is 0.241 e. The van der Waals surface area contributed by atoms with Crippen molar-refractivity contribution in [2.24, 2.45) is 5.41 Å². The van der Waals surface area contributed by atoms with Gasteiger partial charge in [-0.2, -0.15) is 10.4 Å². The molecule has 1 aromatic carbocycles. The number of rotatable bonds is 5. The standard InChI is InChI=1S/C19H22B3N7O2S/c20-19(21,22)13-2-1-11(32(30,31)28-18-4-3-17(7-18,8-18)9-23)5-12(13)14-6-25-16-15(24)26-10-27-29(14)16/h1-2,5-6,10,28H,3-4,7-8,20-22H2,(H2,24,26,27). The van der Waals surface area contributed by atoms with Crippen molar-refractivity contribution in [3.05, 3.63) is 36.3 Å². The van der Waals surface area contributed by atoms with Crippen molar-refractivity contribution < 1.29 is 8.42 Å². The summed E-state index contributed by atoms with van der Waals surface area (Å²) in [6.07, 6.45) is 5.57. The largest absolute Gasteiger partial charge is 0.381 e. The van der Waals surface area contributed by atoms with Crippen LogP contribution < -0.4 is 10.5 Å². The van der Waals surface area contributed by atoms with Crippen LogP contribution in [-0.4, -0.2) is 57.1 Å². The molecule has 0 amide bonds. The van der Waals surface area contributed by atoms with Gasteiger partial charge in [-0.05, 0) is 37.8 Å². The van der Waals surface area contributed by atoms with Gasteiger partial charge in [-0.1, -0.05) is 16.7 Å². The van der Waals surface area contributed by atoms with E-state index in [0.717, 1.165) is 17.5 Å². The topological polar surface area (TPSA) is 139 Å². The van der Waals surface area contributed by atoms with Crippen LogP contribution in [0.15, 0.2) is 35.6 Å². The Bertz CT molecular complexity index is 1400. The number of imidazole rings is 1. The summed E-state index contributed by atoms with van der Waals surface area (Å²) >= 11 is 0. The lowest BCUT2D eigenvalue weighted by molar-refractivity contribution is 0.161. The Morgan fingerprint density at radius 2 is 1.97 bits per heavy atom. The van der Waals surface area contributed by atoms with Crippen molar-refractivity contribution in [1.29, 1.82) is 5.26 Å². The van der Waals surface area contributed by atoms with Crippen molar-refractivity contribution >= 4 is 45.0 Å². The molecular weight excluding hydrogens is 423 g/mol. The molecule has 13 heteroatoms. The number of nitrogens with zero attached hydrogens (tertiary/aromatic N) is 5. The van der Waals surface area contributed by atoms with Gasteiger partial charge < -0.3 is 5.73 Å². The SMILES string of the molecule is BC(B)(B)c1ccc(S(=O)(=O)NC23CCC(C#N)(C2)C3)cc1-c1cnc2c(N)ncnn12. The van der Waals surface area contributed by atoms with Gasteiger partial charge in [0.05, 0.1) is 51.8 Å². The van der Waals surface area contributed by atoms with Crippen molar-refractivity contribution in [3.63, 3.8) is 0 Å². The molecule has 3 aliphatic carbocycles. The Labute approximate surface area is 189 Å². The number of nitrogens with two attached hydrogens (primary N) is 1. The molecule has 3 fully saturated rings. The van der Waals surface area contributed by atoms with Crippen LogP contribution in [0.1, 0.15) is 31.2 Å². The zero-order valence-corrected chi connectivity index (χ0v) is 19.1. The maximum absolute atomic E-state index is 13.3. The molecule has 3 aliphatic rings. The zero-order valence-electron chi connectivity index (χ0n) is 18.3. The van der Waals surface area contributed by atoms with Gasteiger partial charge in [-0.25, -0.2) is 27.6 Å². The van der Waals surface area contributed by atoms with E-state index in [9.17, 15) is 13.7 Å². The molecule has 3 saturated carbocycles. The average Bonchev–Trinajstić information content (AvgIpc) is 3.38. The minimum atomic E-state index is -3.78. The molecule has 3 N–H and O–H groups in total. The van der Waals surface area contributed by atoms with Gasteiger partial charge in [0.1, 0.15) is 6.33 Å². The second-order valence-corrected chi connectivity index (χ2v) is 11.8. The normalized spacial score (nSPS) is 24.8. The zero-order chi connectivity index (χ0) is 22.9. The molecule has 0 aliphatic heterocycles. The van der Waals surface area contributed by atoms with Gasteiger partial charge in [-0.15, -0.1) is 0 Å². The summed E-state index contributed by atoms with van der Waals surface area (Å²) < 4.78 is 31.2. The second-order valence-electron chi connectivity index (χ2n) is 10.1. The number of nitrogens with one attached hydrogen (secondary N) is 1. The summed E-state index contributed by atoms with van der Waals surface area (Å²) in [5, 5.41) is 13.4. The highest BCUT2D eigenvalue weighted by Gasteiger charge is 2.62. The van der Waals surface area contributed by atoms with E-state index in [0.29, 0.717) is 30.6 Å². The highest BCUT2D eigenvalue weighted by molar-refractivity contribution is 7.89. The molecule has 0 radical (unpaired) electrons. The maximum atomic E-state index is 13.3. The van der Waals surface area contributed by atoms with Crippen LogP contribution in [0.2, 0.25) is 0 Å². The van der Waals surface area contributed by atoms with Crippen molar-refractivity contribution in [1.82, 2.24) is 24.3 Å². The molecule has 6 rings (SSSR count). The lowest BCUT2D eigenvalue weighted by Gasteiger charge is -2.43. The van der Waals surface area contributed by atoms with E-state index in [2.05, 4.69) is 49.4 Å². The van der Waals surface area contributed by atoms with E-state index >= 15 is 0 Å². The number of hydrogen-bond acceptors (Lipinski definition) is 7. The minimum Gasteiger partial charge on any atom is -0.381 e. The molecule has 2 aromatic heterocycles. The molecule has 2 bridgehead atoms. The molecule has 0 unspecified atom stereocenters. The first-order valence-corrected chi connectivity index (χ1v) is 12.0. The average molecular weight is 445 g/mol. The summed E-state index contributed by atoms with van der Waals surface area (Å²) in [7, 11) is 2.42.